The summed E-state index contributed by atoms with van der Waals surface area (Å²) in [5.41, 5.74) is 0.883. The molecule has 5 aliphatic rings. The molecular formula is C21H31N5O3. The summed E-state index contributed by atoms with van der Waals surface area (Å²) in [4.78, 5) is 27.8. The van der Waals surface area contributed by atoms with Crippen LogP contribution in [0.3, 0.4) is 0 Å². The molecule has 0 spiro atoms. The van der Waals surface area contributed by atoms with Crippen LogP contribution in [0.4, 0.5) is 10.5 Å². The molecule has 2 N–H and O–H groups in total. The van der Waals surface area contributed by atoms with Gasteiger partial charge in [-0.3, -0.25) is 9.48 Å². The first-order valence-electron chi connectivity index (χ1n) is 11.1. The minimum atomic E-state index is -0.210. The highest BCUT2D eigenvalue weighted by Gasteiger charge is 2.51. The Labute approximate surface area is 171 Å². The van der Waals surface area contributed by atoms with Gasteiger partial charge in [-0.2, -0.15) is 5.10 Å². The van der Waals surface area contributed by atoms with E-state index >= 15 is 0 Å². The molecule has 6 rings (SSSR count). The second-order valence-electron chi connectivity index (χ2n) is 9.40. The van der Waals surface area contributed by atoms with Crippen LogP contribution in [0.25, 0.3) is 0 Å². The zero-order valence-electron chi connectivity index (χ0n) is 17.2. The fourth-order valence-electron chi connectivity index (χ4n) is 6.52. The van der Waals surface area contributed by atoms with Crippen LogP contribution in [-0.2, 0) is 11.3 Å². The van der Waals surface area contributed by atoms with E-state index in [0.717, 1.165) is 37.0 Å². The van der Waals surface area contributed by atoms with Crippen LogP contribution >= 0.6 is 0 Å². The Bertz CT molecular complexity index is 763. The van der Waals surface area contributed by atoms with Gasteiger partial charge in [0.05, 0.1) is 25.1 Å². The first kappa shape index (κ1) is 18.9. The lowest BCUT2D eigenvalue weighted by Gasteiger charge is -2.56. The third-order valence-electron chi connectivity index (χ3n) is 7.30. The van der Waals surface area contributed by atoms with Crippen molar-refractivity contribution in [1.82, 2.24) is 20.0 Å². The van der Waals surface area contributed by atoms with E-state index in [4.69, 9.17) is 4.74 Å². The van der Waals surface area contributed by atoms with E-state index in [1.807, 2.05) is 6.92 Å². The summed E-state index contributed by atoms with van der Waals surface area (Å²) in [5, 5.41) is 10.6. The SMILES string of the molecule is CCn1ncc(NC(=O)NC23CC4CC(CC(C4)C2)C3)c1C(=O)N1CCOCC1. The van der Waals surface area contributed by atoms with Gasteiger partial charge >= 0.3 is 6.03 Å². The van der Waals surface area contributed by atoms with Crippen LogP contribution in [0.5, 0.6) is 0 Å². The number of urea groups is 1. The highest BCUT2D eigenvalue weighted by Crippen LogP contribution is 2.55. The summed E-state index contributed by atoms with van der Waals surface area (Å²) in [6.07, 6.45) is 8.90. The first-order valence-corrected chi connectivity index (χ1v) is 11.1. The number of nitrogens with zero attached hydrogens (tertiary/aromatic N) is 3. The molecule has 29 heavy (non-hydrogen) atoms. The second kappa shape index (κ2) is 7.31. The molecule has 158 valence electrons. The molecule has 4 saturated carbocycles. The number of ether oxygens (including phenoxy) is 1. The van der Waals surface area contributed by atoms with Crippen LogP contribution in [0.1, 0.15) is 55.9 Å². The number of rotatable bonds is 4. The summed E-state index contributed by atoms with van der Waals surface area (Å²) in [6.45, 7) is 4.73. The molecule has 1 aromatic heterocycles. The number of carbonyl (C=O) groups excluding carboxylic acids is 2. The number of aromatic nitrogens is 2. The Morgan fingerprint density at radius 1 is 1.14 bits per heavy atom. The number of anilines is 1. The molecule has 0 aromatic carbocycles. The molecule has 8 heteroatoms. The highest BCUT2D eigenvalue weighted by atomic mass is 16.5. The largest absolute Gasteiger partial charge is 0.378 e. The molecule has 1 saturated heterocycles. The number of aryl methyl sites for hydroxylation is 1. The summed E-state index contributed by atoms with van der Waals surface area (Å²) in [6, 6.07) is -0.210. The van der Waals surface area contributed by atoms with Crippen molar-refractivity contribution in [2.45, 2.75) is 57.5 Å². The van der Waals surface area contributed by atoms with Gasteiger partial charge in [0, 0.05) is 25.2 Å². The maximum Gasteiger partial charge on any atom is 0.319 e. The van der Waals surface area contributed by atoms with Gasteiger partial charge in [-0.05, 0) is 63.2 Å². The van der Waals surface area contributed by atoms with E-state index in [0.29, 0.717) is 44.2 Å². The second-order valence-corrected chi connectivity index (χ2v) is 9.40. The minimum absolute atomic E-state index is 0.0615. The van der Waals surface area contributed by atoms with E-state index in [1.165, 1.54) is 19.3 Å². The van der Waals surface area contributed by atoms with Gasteiger partial charge in [-0.1, -0.05) is 0 Å². The smallest absolute Gasteiger partial charge is 0.319 e. The monoisotopic (exact) mass is 401 g/mol. The average Bonchev–Trinajstić information content (AvgIpc) is 3.08. The van der Waals surface area contributed by atoms with Crippen LogP contribution in [-0.4, -0.2) is 58.5 Å². The number of amides is 3. The lowest BCUT2D eigenvalue weighted by atomic mass is 9.53. The van der Waals surface area contributed by atoms with Gasteiger partial charge in [0.1, 0.15) is 5.69 Å². The van der Waals surface area contributed by atoms with Crippen molar-refractivity contribution >= 4 is 17.6 Å². The van der Waals surface area contributed by atoms with Crippen LogP contribution in [0.2, 0.25) is 0 Å². The summed E-state index contributed by atoms with van der Waals surface area (Å²) in [7, 11) is 0. The van der Waals surface area contributed by atoms with Crippen molar-refractivity contribution in [1.29, 1.82) is 0 Å². The van der Waals surface area contributed by atoms with Crippen molar-refractivity contribution in [2.24, 2.45) is 17.8 Å². The minimum Gasteiger partial charge on any atom is -0.378 e. The lowest BCUT2D eigenvalue weighted by Crippen LogP contribution is -2.60. The van der Waals surface area contributed by atoms with Crippen molar-refractivity contribution in [2.75, 3.05) is 31.6 Å². The molecule has 4 aliphatic carbocycles. The molecule has 5 fully saturated rings. The number of nitrogens with one attached hydrogen (secondary N) is 2. The molecule has 2 heterocycles. The average molecular weight is 402 g/mol. The molecule has 0 radical (unpaired) electrons. The van der Waals surface area contributed by atoms with Gasteiger partial charge in [0.2, 0.25) is 0 Å². The topological polar surface area (TPSA) is 88.5 Å². The van der Waals surface area contributed by atoms with E-state index in [-0.39, 0.29) is 17.5 Å². The van der Waals surface area contributed by atoms with Gasteiger partial charge in [-0.15, -0.1) is 0 Å². The zero-order valence-corrected chi connectivity index (χ0v) is 17.2. The van der Waals surface area contributed by atoms with Crippen LogP contribution in [0, 0.1) is 17.8 Å². The molecular weight excluding hydrogens is 370 g/mol. The maximum atomic E-state index is 13.1. The molecule has 0 unspecified atom stereocenters. The van der Waals surface area contributed by atoms with Gasteiger partial charge in [0.15, 0.2) is 0 Å². The van der Waals surface area contributed by atoms with Crippen molar-refractivity contribution in [3.63, 3.8) is 0 Å². The maximum absolute atomic E-state index is 13.1. The predicted octanol–water partition coefficient (Wildman–Crippen LogP) is 2.47. The van der Waals surface area contributed by atoms with Gasteiger partial charge < -0.3 is 20.3 Å². The number of hydrogen-bond acceptors (Lipinski definition) is 4. The number of hydrogen-bond donors (Lipinski definition) is 2. The van der Waals surface area contributed by atoms with E-state index in [1.54, 1.807) is 15.8 Å². The van der Waals surface area contributed by atoms with Crippen molar-refractivity contribution in [3.8, 4) is 0 Å². The van der Waals surface area contributed by atoms with Gasteiger partial charge in [-0.25, -0.2) is 4.79 Å². The van der Waals surface area contributed by atoms with Crippen LogP contribution < -0.4 is 10.6 Å². The summed E-state index contributed by atoms with van der Waals surface area (Å²) < 4.78 is 7.02. The fraction of sp³-hybridized carbons (Fsp3) is 0.762. The summed E-state index contributed by atoms with van der Waals surface area (Å²) >= 11 is 0. The zero-order chi connectivity index (χ0) is 20.0. The normalized spacial score (nSPS) is 33.0. The molecule has 8 nitrogen and oxygen atoms in total. The molecule has 3 amide bonds. The third kappa shape index (κ3) is 3.52. The Balaban J connectivity index is 1.31. The highest BCUT2D eigenvalue weighted by molar-refractivity contribution is 6.02. The Hall–Kier alpha value is -2.09. The first-order chi connectivity index (χ1) is 14.0. The quantitative estimate of drug-likeness (QED) is 0.811. The summed E-state index contributed by atoms with van der Waals surface area (Å²) in [5.74, 6) is 2.20. The lowest BCUT2D eigenvalue weighted by molar-refractivity contribution is -0.0127. The Morgan fingerprint density at radius 3 is 2.34 bits per heavy atom. The standard InChI is InChI=1S/C21H31N5O3/c1-2-26-18(19(27)25-3-5-29-6-4-25)17(13-22-26)23-20(28)24-21-10-14-7-15(11-21)9-16(8-14)12-21/h13-16H,2-12H2,1H3,(H2,23,24,28). The Kier molecular flexibility index (Phi) is 4.76. The molecule has 1 aromatic rings. The third-order valence-corrected chi connectivity index (χ3v) is 7.30. The van der Waals surface area contributed by atoms with Crippen molar-refractivity contribution in [3.05, 3.63) is 11.9 Å². The number of carbonyl (C=O) groups is 2. The molecule has 1 aliphatic heterocycles. The number of morpholine rings is 1. The fourth-order valence-corrected chi connectivity index (χ4v) is 6.52. The van der Waals surface area contributed by atoms with E-state index < -0.39 is 0 Å². The molecule has 4 bridgehead atoms. The van der Waals surface area contributed by atoms with Gasteiger partial charge in [0.25, 0.3) is 5.91 Å². The Morgan fingerprint density at radius 2 is 1.76 bits per heavy atom. The molecule has 0 atom stereocenters. The van der Waals surface area contributed by atoms with Crippen LogP contribution in [0.15, 0.2) is 6.20 Å². The van der Waals surface area contributed by atoms with E-state index in [9.17, 15) is 9.59 Å². The predicted molar refractivity (Wildman–Crippen MR) is 108 cm³/mol. The van der Waals surface area contributed by atoms with E-state index in [2.05, 4.69) is 15.7 Å². The van der Waals surface area contributed by atoms with Crippen molar-refractivity contribution < 1.29 is 14.3 Å².